The summed E-state index contributed by atoms with van der Waals surface area (Å²) >= 11 is 1.37. The molecule has 0 spiro atoms. The Morgan fingerprint density at radius 2 is 2.05 bits per heavy atom. The Balaban J connectivity index is 2.17. The summed E-state index contributed by atoms with van der Waals surface area (Å²) < 4.78 is 2.12. The SMILES string of the molecule is O=c1c2sccc2ncn1[C@H](CO)c1ccccc1. The van der Waals surface area contributed by atoms with Gasteiger partial charge in [0.2, 0.25) is 0 Å². The fraction of sp³-hybridized carbons (Fsp3) is 0.143. The molecule has 0 saturated carbocycles. The maximum absolute atomic E-state index is 12.4. The van der Waals surface area contributed by atoms with Crippen LogP contribution in [0.15, 0.2) is 52.9 Å². The third-order valence-electron chi connectivity index (χ3n) is 3.09. The predicted octanol–water partition coefficient (Wildman–Crippen LogP) is 2.04. The van der Waals surface area contributed by atoms with Gasteiger partial charge in [0, 0.05) is 0 Å². The van der Waals surface area contributed by atoms with Crippen molar-refractivity contribution in [2.45, 2.75) is 6.04 Å². The van der Waals surface area contributed by atoms with Gasteiger partial charge in [-0.05, 0) is 17.0 Å². The lowest BCUT2D eigenvalue weighted by Gasteiger charge is -2.17. The molecule has 0 aliphatic rings. The molecular weight excluding hydrogens is 260 g/mol. The van der Waals surface area contributed by atoms with Crippen molar-refractivity contribution in [2.75, 3.05) is 6.61 Å². The number of hydrogen-bond acceptors (Lipinski definition) is 4. The molecule has 0 unspecified atom stereocenters. The third kappa shape index (κ3) is 2.07. The number of aliphatic hydroxyl groups is 1. The Morgan fingerprint density at radius 3 is 2.79 bits per heavy atom. The number of hydrogen-bond donors (Lipinski definition) is 1. The number of thiophene rings is 1. The zero-order chi connectivity index (χ0) is 13.2. The monoisotopic (exact) mass is 272 g/mol. The molecule has 0 aliphatic carbocycles. The van der Waals surface area contributed by atoms with Crippen molar-refractivity contribution in [3.05, 3.63) is 64.0 Å². The van der Waals surface area contributed by atoms with E-state index in [1.165, 1.54) is 22.2 Å². The predicted molar refractivity (Wildman–Crippen MR) is 75.5 cm³/mol. The van der Waals surface area contributed by atoms with Gasteiger partial charge in [0.15, 0.2) is 0 Å². The first-order chi connectivity index (χ1) is 9.31. The molecule has 0 bridgehead atoms. The molecule has 0 aliphatic heterocycles. The summed E-state index contributed by atoms with van der Waals surface area (Å²) in [5.74, 6) is 0. The van der Waals surface area contributed by atoms with Crippen LogP contribution in [0.5, 0.6) is 0 Å². The molecule has 0 fully saturated rings. The summed E-state index contributed by atoms with van der Waals surface area (Å²) in [7, 11) is 0. The van der Waals surface area contributed by atoms with E-state index in [9.17, 15) is 9.90 Å². The second-order valence-corrected chi connectivity index (χ2v) is 5.12. The van der Waals surface area contributed by atoms with Crippen LogP contribution in [0.3, 0.4) is 0 Å². The first-order valence-corrected chi connectivity index (χ1v) is 6.79. The third-order valence-corrected chi connectivity index (χ3v) is 3.98. The van der Waals surface area contributed by atoms with E-state index in [1.54, 1.807) is 0 Å². The zero-order valence-electron chi connectivity index (χ0n) is 10.1. The molecule has 19 heavy (non-hydrogen) atoms. The first kappa shape index (κ1) is 12.1. The van der Waals surface area contributed by atoms with Crippen LogP contribution in [0.4, 0.5) is 0 Å². The topological polar surface area (TPSA) is 55.1 Å². The average Bonchev–Trinajstić information content (AvgIpc) is 2.93. The Hall–Kier alpha value is -1.98. The van der Waals surface area contributed by atoms with Gasteiger partial charge in [-0.1, -0.05) is 30.3 Å². The van der Waals surface area contributed by atoms with E-state index in [-0.39, 0.29) is 12.2 Å². The van der Waals surface area contributed by atoms with Crippen LogP contribution in [-0.2, 0) is 0 Å². The normalized spacial score (nSPS) is 12.7. The van der Waals surface area contributed by atoms with Crippen molar-refractivity contribution >= 4 is 21.6 Å². The number of benzene rings is 1. The van der Waals surface area contributed by atoms with Crippen LogP contribution < -0.4 is 5.56 Å². The van der Waals surface area contributed by atoms with E-state index in [4.69, 9.17) is 0 Å². The number of fused-ring (bicyclic) bond motifs is 1. The van der Waals surface area contributed by atoms with E-state index < -0.39 is 6.04 Å². The molecule has 1 N–H and O–H groups in total. The average molecular weight is 272 g/mol. The molecule has 0 amide bonds. The van der Waals surface area contributed by atoms with Crippen molar-refractivity contribution < 1.29 is 5.11 Å². The van der Waals surface area contributed by atoms with Gasteiger partial charge in [-0.15, -0.1) is 11.3 Å². The van der Waals surface area contributed by atoms with Gasteiger partial charge >= 0.3 is 0 Å². The molecule has 5 heteroatoms. The summed E-state index contributed by atoms with van der Waals surface area (Å²) in [5, 5.41) is 11.4. The highest BCUT2D eigenvalue weighted by atomic mass is 32.1. The second kappa shape index (κ2) is 4.95. The lowest BCUT2D eigenvalue weighted by Crippen LogP contribution is -2.27. The van der Waals surface area contributed by atoms with Crippen molar-refractivity contribution in [3.8, 4) is 0 Å². The smallest absolute Gasteiger partial charge is 0.271 e. The van der Waals surface area contributed by atoms with Gasteiger partial charge in [-0.3, -0.25) is 9.36 Å². The number of aromatic nitrogens is 2. The highest BCUT2D eigenvalue weighted by Gasteiger charge is 2.15. The lowest BCUT2D eigenvalue weighted by molar-refractivity contribution is 0.246. The van der Waals surface area contributed by atoms with E-state index >= 15 is 0 Å². The molecule has 3 aromatic rings. The van der Waals surface area contributed by atoms with E-state index in [0.717, 1.165) is 5.56 Å². The molecule has 4 nitrogen and oxygen atoms in total. The van der Waals surface area contributed by atoms with Crippen molar-refractivity contribution in [1.82, 2.24) is 9.55 Å². The highest BCUT2D eigenvalue weighted by molar-refractivity contribution is 7.17. The summed E-state index contributed by atoms with van der Waals surface area (Å²) in [6.07, 6.45) is 1.51. The molecule has 0 saturated heterocycles. The number of rotatable bonds is 3. The van der Waals surface area contributed by atoms with Gasteiger partial charge in [-0.2, -0.15) is 0 Å². The van der Waals surface area contributed by atoms with E-state index in [0.29, 0.717) is 10.2 Å². The minimum absolute atomic E-state index is 0.108. The lowest BCUT2D eigenvalue weighted by atomic mass is 10.1. The van der Waals surface area contributed by atoms with Gasteiger partial charge in [0.25, 0.3) is 5.56 Å². The molecule has 1 aromatic carbocycles. The van der Waals surface area contributed by atoms with Crippen LogP contribution in [-0.4, -0.2) is 21.3 Å². The summed E-state index contributed by atoms with van der Waals surface area (Å²) in [5.41, 5.74) is 1.49. The fourth-order valence-electron chi connectivity index (χ4n) is 2.11. The minimum Gasteiger partial charge on any atom is -0.394 e. The Bertz CT molecular complexity index is 749. The molecule has 2 heterocycles. The minimum atomic E-state index is -0.396. The molecule has 1 atom stereocenters. The van der Waals surface area contributed by atoms with E-state index in [2.05, 4.69) is 4.98 Å². The molecule has 3 rings (SSSR count). The Morgan fingerprint density at radius 1 is 1.26 bits per heavy atom. The highest BCUT2D eigenvalue weighted by Crippen LogP contribution is 2.18. The van der Waals surface area contributed by atoms with Crippen LogP contribution >= 0.6 is 11.3 Å². The summed E-state index contributed by atoms with van der Waals surface area (Å²) in [6.45, 7) is -0.136. The van der Waals surface area contributed by atoms with Crippen LogP contribution in [0.25, 0.3) is 10.2 Å². The molecule has 2 aromatic heterocycles. The summed E-state index contributed by atoms with van der Waals surface area (Å²) in [4.78, 5) is 16.6. The van der Waals surface area contributed by atoms with Crippen molar-refractivity contribution in [1.29, 1.82) is 0 Å². The van der Waals surface area contributed by atoms with Crippen LogP contribution in [0, 0.1) is 0 Å². The van der Waals surface area contributed by atoms with Gasteiger partial charge in [0.05, 0.1) is 24.5 Å². The standard InChI is InChI=1S/C14H12N2O2S/c17-8-12(10-4-2-1-3-5-10)16-9-15-11-6-7-19-13(11)14(16)18/h1-7,9,12,17H,8H2/t12-/m1/s1. The van der Waals surface area contributed by atoms with Gasteiger partial charge in [0.1, 0.15) is 4.70 Å². The molecule has 96 valence electrons. The second-order valence-electron chi connectivity index (χ2n) is 4.20. The van der Waals surface area contributed by atoms with Gasteiger partial charge < -0.3 is 5.11 Å². The summed E-state index contributed by atoms with van der Waals surface area (Å²) in [6, 6.07) is 10.9. The Labute approximate surface area is 113 Å². The van der Waals surface area contributed by atoms with Crippen molar-refractivity contribution in [2.24, 2.45) is 0 Å². The first-order valence-electron chi connectivity index (χ1n) is 5.91. The number of aliphatic hydroxyl groups excluding tert-OH is 1. The van der Waals surface area contributed by atoms with Crippen LogP contribution in [0.2, 0.25) is 0 Å². The maximum Gasteiger partial charge on any atom is 0.271 e. The quantitative estimate of drug-likeness (QED) is 0.794. The van der Waals surface area contributed by atoms with Crippen LogP contribution in [0.1, 0.15) is 11.6 Å². The molecular formula is C14H12N2O2S. The maximum atomic E-state index is 12.4. The molecule has 0 radical (unpaired) electrons. The van der Waals surface area contributed by atoms with Crippen molar-refractivity contribution in [3.63, 3.8) is 0 Å². The zero-order valence-corrected chi connectivity index (χ0v) is 10.9. The number of nitrogens with zero attached hydrogens (tertiary/aromatic N) is 2. The largest absolute Gasteiger partial charge is 0.394 e. The van der Waals surface area contributed by atoms with E-state index in [1.807, 2.05) is 41.8 Å². The fourth-order valence-corrected chi connectivity index (χ4v) is 2.89. The van der Waals surface area contributed by atoms with Gasteiger partial charge in [-0.25, -0.2) is 4.98 Å². The Kier molecular flexibility index (Phi) is 3.15.